The zero-order chi connectivity index (χ0) is 14.5. The summed E-state index contributed by atoms with van der Waals surface area (Å²) >= 11 is 0. The van der Waals surface area contributed by atoms with E-state index in [1.54, 1.807) is 16.8 Å². The fraction of sp³-hybridized carbons (Fsp3) is 0.467. The van der Waals surface area contributed by atoms with Gasteiger partial charge in [-0.15, -0.1) is 5.10 Å². The Labute approximate surface area is 119 Å². The molecule has 1 atom stereocenters. The van der Waals surface area contributed by atoms with Crippen molar-refractivity contribution in [2.75, 3.05) is 6.54 Å². The molecule has 20 heavy (non-hydrogen) atoms. The Balaban J connectivity index is 2.40. The second-order valence-corrected chi connectivity index (χ2v) is 4.68. The van der Waals surface area contributed by atoms with E-state index in [4.69, 9.17) is 0 Å². The third kappa shape index (κ3) is 2.88. The van der Waals surface area contributed by atoms with Gasteiger partial charge in [-0.05, 0) is 43.7 Å². The van der Waals surface area contributed by atoms with Crippen LogP contribution in [-0.4, -0.2) is 21.5 Å². The van der Waals surface area contributed by atoms with Gasteiger partial charge in [0.25, 0.3) is 0 Å². The van der Waals surface area contributed by atoms with Crippen molar-refractivity contribution < 1.29 is 4.39 Å². The Hall–Kier alpha value is -1.75. The molecule has 0 saturated heterocycles. The molecule has 2 aromatic rings. The monoisotopic (exact) mass is 276 g/mol. The molecule has 1 N–H and O–H groups in total. The Bertz CT molecular complexity index is 548. The van der Waals surface area contributed by atoms with Crippen molar-refractivity contribution in [3.8, 4) is 5.69 Å². The Morgan fingerprint density at radius 2 is 1.90 bits per heavy atom. The summed E-state index contributed by atoms with van der Waals surface area (Å²) in [7, 11) is 0. The van der Waals surface area contributed by atoms with Gasteiger partial charge in [0.2, 0.25) is 0 Å². The number of halogens is 1. The van der Waals surface area contributed by atoms with Gasteiger partial charge < -0.3 is 5.32 Å². The van der Waals surface area contributed by atoms with Gasteiger partial charge >= 0.3 is 0 Å². The minimum absolute atomic E-state index is 0.212. The highest BCUT2D eigenvalue weighted by Gasteiger charge is 2.19. The second kappa shape index (κ2) is 6.61. The van der Waals surface area contributed by atoms with E-state index in [1.165, 1.54) is 12.1 Å². The van der Waals surface area contributed by atoms with Crippen molar-refractivity contribution in [2.24, 2.45) is 0 Å². The molecule has 1 unspecified atom stereocenters. The van der Waals surface area contributed by atoms with Crippen molar-refractivity contribution in [1.82, 2.24) is 20.3 Å². The summed E-state index contributed by atoms with van der Waals surface area (Å²) in [6.45, 7) is 7.19. The van der Waals surface area contributed by atoms with Crippen molar-refractivity contribution >= 4 is 0 Å². The van der Waals surface area contributed by atoms with Crippen LogP contribution in [0.4, 0.5) is 4.39 Å². The standard InChI is InChI=1S/C15H21FN4/c1-4-13(17-6-3)15-14(5-2)20(19-18-15)12-9-7-11(16)8-10-12/h7-10,13,17H,4-6H2,1-3H3. The number of benzene rings is 1. The second-order valence-electron chi connectivity index (χ2n) is 4.68. The van der Waals surface area contributed by atoms with E-state index in [0.717, 1.165) is 36.5 Å². The highest BCUT2D eigenvalue weighted by Crippen LogP contribution is 2.21. The lowest BCUT2D eigenvalue weighted by atomic mass is 10.1. The summed E-state index contributed by atoms with van der Waals surface area (Å²) in [6, 6.07) is 6.54. The highest BCUT2D eigenvalue weighted by molar-refractivity contribution is 5.34. The SMILES string of the molecule is CCNC(CC)c1nnn(-c2ccc(F)cc2)c1CC. The average Bonchev–Trinajstić information content (AvgIpc) is 2.89. The molecule has 0 aliphatic heterocycles. The van der Waals surface area contributed by atoms with Crippen LogP contribution in [0.25, 0.3) is 5.69 Å². The van der Waals surface area contributed by atoms with E-state index < -0.39 is 0 Å². The van der Waals surface area contributed by atoms with Crippen LogP contribution in [-0.2, 0) is 6.42 Å². The average molecular weight is 276 g/mol. The van der Waals surface area contributed by atoms with Crippen LogP contribution in [0.3, 0.4) is 0 Å². The van der Waals surface area contributed by atoms with Crippen molar-refractivity contribution in [3.63, 3.8) is 0 Å². The number of nitrogens with zero attached hydrogens (tertiary/aromatic N) is 3. The third-order valence-corrected chi connectivity index (χ3v) is 3.39. The van der Waals surface area contributed by atoms with Crippen molar-refractivity contribution in [1.29, 1.82) is 0 Å². The lowest BCUT2D eigenvalue weighted by molar-refractivity contribution is 0.520. The lowest BCUT2D eigenvalue weighted by Gasteiger charge is -2.15. The predicted octanol–water partition coefficient (Wildman–Crippen LogP) is 3.03. The molecule has 1 aromatic carbocycles. The quantitative estimate of drug-likeness (QED) is 0.882. The summed E-state index contributed by atoms with van der Waals surface area (Å²) in [5.41, 5.74) is 2.90. The molecular formula is C15H21FN4. The number of aromatic nitrogens is 3. The summed E-state index contributed by atoms with van der Waals surface area (Å²) in [5.74, 6) is -0.244. The zero-order valence-electron chi connectivity index (χ0n) is 12.2. The van der Waals surface area contributed by atoms with Crippen LogP contribution in [0.2, 0.25) is 0 Å². The minimum Gasteiger partial charge on any atom is -0.309 e. The number of hydrogen-bond acceptors (Lipinski definition) is 3. The predicted molar refractivity (Wildman–Crippen MR) is 77.4 cm³/mol. The van der Waals surface area contributed by atoms with Crippen molar-refractivity contribution in [3.05, 3.63) is 41.5 Å². The first-order valence-corrected chi connectivity index (χ1v) is 7.15. The first-order chi connectivity index (χ1) is 9.71. The topological polar surface area (TPSA) is 42.7 Å². The van der Waals surface area contributed by atoms with Gasteiger partial charge in [-0.2, -0.15) is 0 Å². The van der Waals surface area contributed by atoms with E-state index in [-0.39, 0.29) is 11.9 Å². The smallest absolute Gasteiger partial charge is 0.123 e. The fourth-order valence-electron chi connectivity index (χ4n) is 2.39. The number of hydrogen-bond donors (Lipinski definition) is 1. The maximum atomic E-state index is 13.0. The molecule has 108 valence electrons. The lowest BCUT2D eigenvalue weighted by Crippen LogP contribution is -2.21. The Morgan fingerprint density at radius 3 is 2.45 bits per heavy atom. The molecule has 0 radical (unpaired) electrons. The maximum Gasteiger partial charge on any atom is 0.123 e. The van der Waals surface area contributed by atoms with E-state index in [9.17, 15) is 4.39 Å². The molecule has 1 aromatic heterocycles. The van der Waals surface area contributed by atoms with Gasteiger partial charge in [0.1, 0.15) is 11.5 Å². The highest BCUT2D eigenvalue weighted by atomic mass is 19.1. The van der Waals surface area contributed by atoms with E-state index in [2.05, 4.69) is 36.4 Å². The van der Waals surface area contributed by atoms with Gasteiger partial charge in [0, 0.05) is 0 Å². The van der Waals surface area contributed by atoms with Crippen LogP contribution in [0.1, 0.15) is 44.6 Å². The van der Waals surface area contributed by atoms with Crippen LogP contribution < -0.4 is 5.32 Å². The first-order valence-electron chi connectivity index (χ1n) is 7.15. The van der Waals surface area contributed by atoms with Gasteiger partial charge in [0.05, 0.1) is 17.4 Å². The van der Waals surface area contributed by atoms with Gasteiger partial charge in [-0.25, -0.2) is 9.07 Å². The molecule has 0 bridgehead atoms. The zero-order valence-corrected chi connectivity index (χ0v) is 12.2. The van der Waals surface area contributed by atoms with Crippen molar-refractivity contribution in [2.45, 2.75) is 39.7 Å². The van der Waals surface area contributed by atoms with Gasteiger partial charge in [-0.3, -0.25) is 0 Å². The van der Waals surface area contributed by atoms with Crippen LogP contribution in [0.15, 0.2) is 24.3 Å². The minimum atomic E-state index is -0.244. The summed E-state index contributed by atoms with van der Waals surface area (Å²) < 4.78 is 14.8. The molecule has 0 fully saturated rings. The molecule has 5 heteroatoms. The molecule has 2 rings (SSSR count). The normalized spacial score (nSPS) is 12.6. The largest absolute Gasteiger partial charge is 0.309 e. The van der Waals surface area contributed by atoms with E-state index in [0.29, 0.717) is 0 Å². The van der Waals surface area contributed by atoms with Crippen LogP contribution in [0, 0.1) is 5.82 Å². The van der Waals surface area contributed by atoms with Crippen LogP contribution in [0.5, 0.6) is 0 Å². The summed E-state index contributed by atoms with van der Waals surface area (Å²) in [4.78, 5) is 0. The third-order valence-electron chi connectivity index (χ3n) is 3.39. The van der Waals surface area contributed by atoms with E-state index >= 15 is 0 Å². The first kappa shape index (κ1) is 14.7. The molecule has 0 aliphatic carbocycles. The molecule has 0 amide bonds. The molecule has 1 heterocycles. The molecule has 4 nitrogen and oxygen atoms in total. The van der Waals surface area contributed by atoms with Crippen LogP contribution >= 0.6 is 0 Å². The Morgan fingerprint density at radius 1 is 1.20 bits per heavy atom. The number of nitrogens with one attached hydrogen (secondary N) is 1. The van der Waals surface area contributed by atoms with Gasteiger partial charge in [-0.1, -0.05) is 26.0 Å². The maximum absolute atomic E-state index is 13.0. The summed E-state index contributed by atoms with van der Waals surface area (Å²) in [5, 5.41) is 12.0. The van der Waals surface area contributed by atoms with E-state index in [1.807, 2.05) is 0 Å². The fourth-order valence-corrected chi connectivity index (χ4v) is 2.39. The molecule has 0 saturated carbocycles. The Kier molecular flexibility index (Phi) is 4.84. The molecular weight excluding hydrogens is 255 g/mol. The van der Waals surface area contributed by atoms with Gasteiger partial charge in [0.15, 0.2) is 0 Å². The molecule has 0 aliphatic rings. The number of rotatable bonds is 6. The summed E-state index contributed by atoms with van der Waals surface area (Å²) in [6.07, 6.45) is 1.80. The molecule has 0 spiro atoms.